The average Bonchev–Trinajstić information content (AvgIpc) is 3.05. The Hall–Kier alpha value is -1.43. The number of ketones is 1. The third-order valence-electron chi connectivity index (χ3n) is 3.66. The third kappa shape index (κ3) is 3.61. The first-order valence-electron chi connectivity index (χ1n) is 7.50. The molecule has 0 radical (unpaired) electrons. The van der Waals surface area contributed by atoms with Crippen molar-refractivity contribution in [3.63, 3.8) is 0 Å². The molecule has 0 N–H and O–H groups in total. The minimum absolute atomic E-state index is 0.133. The van der Waals surface area contributed by atoms with E-state index in [9.17, 15) is 9.59 Å². The summed E-state index contributed by atoms with van der Waals surface area (Å²) in [4.78, 5) is 30.6. The van der Waals surface area contributed by atoms with Gasteiger partial charge in [-0.3, -0.25) is 4.79 Å². The van der Waals surface area contributed by atoms with E-state index in [2.05, 4.69) is 16.8 Å². The Bertz CT molecular complexity index is 527. The molecule has 2 rings (SSSR count). The summed E-state index contributed by atoms with van der Waals surface area (Å²) < 4.78 is 4.99. The number of nitrogens with zero attached hydrogens (tertiary/aromatic N) is 2. The standard InChI is InChI=1S/C15H22N2O3S/c1-4-6-11-7-8-17(9-11)15-16-12(14(19)20-5-2)13(21-15)10(3)18/h11H,4-9H2,1-3H3. The molecule has 0 spiro atoms. The van der Waals surface area contributed by atoms with Gasteiger partial charge in [-0.25, -0.2) is 9.78 Å². The number of esters is 1. The number of carbonyl (C=O) groups excluding carboxylic acids is 2. The average molecular weight is 310 g/mol. The Morgan fingerprint density at radius 2 is 2.19 bits per heavy atom. The number of Topliss-reactive ketones (excluding diaryl/α,β-unsaturated/α-hetero) is 1. The van der Waals surface area contributed by atoms with Gasteiger partial charge in [-0.2, -0.15) is 0 Å². The Labute approximate surface area is 129 Å². The molecule has 0 saturated carbocycles. The SMILES string of the molecule is CCCC1CCN(c2nc(C(=O)OCC)c(C(C)=O)s2)C1. The van der Waals surface area contributed by atoms with Crippen LogP contribution >= 0.6 is 11.3 Å². The topological polar surface area (TPSA) is 59.5 Å². The molecule has 1 aliphatic heterocycles. The summed E-state index contributed by atoms with van der Waals surface area (Å²) >= 11 is 1.30. The molecule has 21 heavy (non-hydrogen) atoms. The van der Waals surface area contributed by atoms with Crippen LogP contribution in [0.15, 0.2) is 0 Å². The van der Waals surface area contributed by atoms with Gasteiger partial charge in [0.1, 0.15) is 4.88 Å². The lowest BCUT2D eigenvalue weighted by atomic mass is 10.0. The van der Waals surface area contributed by atoms with E-state index in [1.165, 1.54) is 31.1 Å². The predicted molar refractivity (Wildman–Crippen MR) is 83.3 cm³/mol. The highest BCUT2D eigenvalue weighted by atomic mass is 32.1. The van der Waals surface area contributed by atoms with Crippen molar-refractivity contribution in [2.24, 2.45) is 5.92 Å². The summed E-state index contributed by atoms with van der Waals surface area (Å²) in [6.07, 6.45) is 3.55. The molecule has 1 fully saturated rings. The fraction of sp³-hybridized carbons (Fsp3) is 0.667. The van der Waals surface area contributed by atoms with E-state index < -0.39 is 5.97 Å². The minimum atomic E-state index is -0.505. The molecule has 116 valence electrons. The van der Waals surface area contributed by atoms with Crippen molar-refractivity contribution in [1.29, 1.82) is 0 Å². The highest BCUT2D eigenvalue weighted by Gasteiger charge is 2.28. The second-order valence-electron chi connectivity index (χ2n) is 5.34. The molecule has 1 aliphatic rings. The Morgan fingerprint density at radius 3 is 2.81 bits per heavy atom. The lowest BCUT2D eigenvalue weighted by molar-refractivity contribution is 0.0517. The van der Waals surface area contributed by atoms with Gasteiger partial charge in [-0.1, -0.05) is 24.7 Å². The fourth-order valence-electron chi connectivity index (χ4n) is 2.67. The van der Waals surface area contributed by atoms with Crippen molar-refractivity contribution in [3.05, 3.63) is 10.6 Å². The molecule has 1 atom stereocenters. The molecule has 1 unspecified atom stereocenters. The van der Waals surface area contributed by atoms with Crippen LogP contribution in [0.1, 0.15) is 60.2 Å². The van der Waals surface area contributed by atoms with Gasteiger partial charge in [0.25, 0.3) is 0 Å². The van der Waals surface area contributed by atoms with E-state index in [-0.39, 0.29) is 18.1 Å². The van der Waals surface area contributed by atoms with Gasteiger partial charge in [-0.05, 0) is 25.7 Å². The van der Waals surface area contributed by atoms with Crippen LogP contribution in [0.4, 0.5) is 5.13 Å². The van der Waals surface area contributed by atoms with E-state index >= 15 is 0 Å². The van der Waals surface area contributed by atoms with Crippen molar-refractivity contribution in [2.45, 2.75) is 40.0 Å². The zero-order valence-electron chi connectivity index (χ0n) is 12.8. The number of rotatable bonds is 6. The summed E-state index contributed by atoms with van der Waals surface area (Å²) in [5.41, 5.74) is 0.170. The van der Waals surface area contributed by atoms with Gasteiger partial charge >= 0.3 is 5.97 Å². The Morgan fingerprint density at radius 1 is 1.43 bits per heavy atom. The smallest absolute Gasteiger partial charge is 0.358 e. The van der Waals surface area contributed by atoms with Crippen LogP contribution in [0, 0.1) is 5.92 Å². The van der Waals surface area contributed by atoms with Gasteiger partial charge in [0.2, 0.25) is 0 Å². The zero-order chi connectivity index (χ0) is 15.4. The Balaban J connectivity index is 2.20. The highest BCUT2D eigenvalue weighted by Crippen LogP contribution is 2.32. The first-order chi connectivity index (χ1) is 10.1. The molecule has 5 nitrogen and oxygen atoms in total. The van der Waals surface area contributed by atoms with Crippen molar-refractivity contribution in [3.8, 4) is 0 Å². The number of anilines is 1. The van der Waals surface area contributed by atoms with Crippen molar-refractivity contribution < 1.29 is 14.3 Å². The van der Waals surface area contributed by atoms with Crippen LogP contribution in [0.3, 0.4) is 0 Å². The molecule has 1 aromatic rings. The van der Waals surface area contributed by atoms with Crippen LogP contribution < -0.4 is 4.90 Å². The Kier molecular flexibility index (Phi) is 5.33. The minimum Gasteiger partial charge on any atom is -0.461 e. The van der Waals surface area contributed by atoms with Gasteiger partial charge < -0.3 is 9.64 Å². The molecule has 0 amide bonds. The number of hydrogen-bond donors (Lipinski definition) is 0. The lowest BCUT2D eigenvalue weighted by Gasteiger charge is -2.14. The first kappa shape index (κ1) is 15.9. The van der Waals surface area contributed by atoms with E-state index in [4.69, 9.17) is 4.74 Å². The van der Waals surface area contributed by atoms with Crippen LogP contribution in [0.25, 0.3) is 0 Å². The normalized spacial score (nSPS) is 18.0. The lowest BCUT2D eigenvalue weighted by Crippen LogP contribution is -2.19. The highest BCUT2D eigenvalue weighted by molar-refractivity contribution is 7.17. The summed E-state index contributed by atoms with van der Waals surface area (Å²) in [6.45, 7) is 7.58. The van der Waals surface area contributed by atoms with E-state index in [0.29, 0.717) is 10.8 Å². The van der Waals surface area contributed by atoms with Crippen LogP contribution in [-0.4, -0.2) is 36.4 Å². The number of aromatic nitrogens is 1. The molecular formula is C15H22N2O3S. The molecular weight excluding hydrogens is 288 g/mol. The number of thiazole rings is 1. The predicted octanol–water partition coefficient (Wildman–Crippen LogP) is 3.15. The van der Waals surface area contributed by atoms with Crippen LogP contribution in [0.5, 0.6) is 0 Å². The second kappa shape index (κ2) is 7.02. The monoisotopic (exact) mass is 310 g/mol. The van der Waals surface area contributed by atoms with E-state index in [1.54, 1.807) is 6.92 Å². The van der Waals surface area contributed by atoms with Crippen molar-refractivity contribution in [2.75, 3.05) is 24.6 Å². The van der Waals surface area contributed by atoms with E-state index in [0.717, 1.165) is 24.6 Å². The molecule has 1 saturated heterocycles. The zero-order valence-corrected chi connectivity index (χ0v) is 13.7. The molecule has 2 heterocycles. The molecule has 0 aliphatic carbocycles. The van der Waals surface area contributed by atoms with E-state index in [1.807, 2.05) is 0 Å². The first-order valence-corrected chi connectivity index (χ1v) is 8.32. The quantitative estimate of drug-likeness (QED) is 0.597. The number of carbonyl (C=O) groups is 2. The third-order valence-corrected chi connectivity index (χ3v) is 4.87. The molecule has 1 aromatic heterocycles. The maximum Gasteiger partial charge on any atom is 0.358 e. The summed E-state index contributed by atoms with van der Waals surface area (Å²) in [5, 5.41) is 0.766. The fourth-order valence-corrected chi connectivity index (χ4v) is 3.65. The van der Waals surface area contributed by atoms with Gasteiger partial charge in [0.05, 0.1) is 6.61 Å². The largest absolute Gasteiger partial charge is 0.461 e. The second-order valence-corrected chi connectivity index (χ2v) is 6.32. The maximum atomic E-state index is 11.9. The van der Waals surface area contributed by atoms with Crippen molar-refractivity contribution >= 4 is 28.2 Å². The maximum absolute atomic E-state index is 11.9. The van der Waals surface area contributed by atoms with Gasteiger partial charge in [-0.15, -0.1) is 0 Å². The molecule has 6 heteroatoms. The van der Waals surface area contributed by atoms with Gasteiger partial charge in [0.15, 0.2) is 16.6 Å². The summed E-state index contributed by atoms with van der Waals surface area (Å²) in [5.74, 6) is 0.0475. The summed E-state index contributed by atoms with van der Waals surface area (Å²) in [7, 11) is 0. The summed E-state index contributed by atoms with van der Waals surface area (Å²) in [6, 6.07) is 0. The van der Waals surface area contributed by atoms with Crippen LogP contribution in [-0.2, 0) is 4.74 Å². The molecule has 0 aromatic carbocycles. The number of hydrogen-bond acceptors (Lipinski definition) is 6. The molecule has 0 bridgehead atoms. The van der Waals surface area contributed by atoms with Crippen LogP contribution in [0.2, 0.25) is 0 Å². The number of ether oxygens (including phenoxy) is 1. The van der Waals surface area contributed by atoms with Crippen molar-refractivity contribution in [1.82, 2.24) is 4.98 Å². The van der Waals surface area contributed by atoms with Gasteiger partial charge in [0, 0.05) is 20.0 Å².